The summed E-state index contributed by atoms with van der Waals surface area (Å²) in [5, 5.41) is 2.72. The van der Waals surface area contributed by atoms with Gasteiger partial charge >= 0.3 is 0 Å². The number of halogens is 1. The lowest BCUT2D eigenvalue weighted by atomic mass is 10.1. The Balaban J connectivity index is 1.70. The molecule has 0 saturated carbocycles. The third kappa shape index (κ3) is 5.25. The molecule has 3 amide bonds. The second-order valence-electron chi connectivity index (χ2n) is 6.46. The number of nitrogens with one attached hydrogen (secondary N) is 3. The number of carbonyl (C=O) groups is 3. The first kappa shape index (κ1) is 22.8. The molecule has 3 aromatic rings. The Kier molecular flexibility index (Phi) is 7.45. The summed E-state index contributed by atoms with van der Waals surface area (Å²) in [6.07, 6.45) is 0. The van der Waals surface area contributed by atoms with Gasteiger partial charge in [-0.05, 0) is 58.4 Å². The smallest absolute Gasteiger partial charge is 0.271 e. The number of amides is 3. The van der Waals surface area contributed by atoms with Crippen LogP contribution in [-0.4, -0.2) is 31.9 Å². The number of hydrogen-bond acceptors (Lipinski definition) is 5. The molecule has 0 aliphatic rings. The van der Waals surface area contributed by atoms with Crippen LogP contribution in [0.4, 0.5) is 5.69 Å². The van der Waals surface area contributed by atoms with Crippen molar-refractivity contribution in [3.63, 3.8) is 0 Å². The van der Waals surface area contributed by atoms with Gasteiger partial charge in [0.2, 0.25) is 0 Å². The number of rotatable bonds is 6. The van der Waals surface area contributed by atoms with Gasteiger partial charge in [0, 0.05) is 10.0 Å². The zero-order chi connectivity index (χ0) is 23.1. The standard InChI is InChI=1S/C23H20BrN3O5/c1-31-19-12-11-14(13-20(19)32-2)21(28)26-27-23(30)16-8-4-6-10-18(16)25-22(29)15-7-3-5-9-17(15)24/h3-13H,1-2H3,(H,25,29)(H,26,28)(H,27,30). The van der Waals surface area contributed by atoms with Gasteiger partial charge in [0.25, 0.3) is 17.7 Å². The van der Waals surface area contributed by atoms with Crippen LogP contribution < -0.4 is 25.6 Å². The zero-order valence-electron chi connectivity index (χ0n) is 17.3. The number of ether oxygens (including phenoxy) is 2. The highest BCUT2D eigenvalue weighted by atomic mass is 79.9. The summed E-state index contributed by atoms with van der Waals surface area (Å²) in [5.41, 5.74) is 5.87. The Labute approximate surface area is 193 Å². The maximum atomic E-state index is 12.7. The number of methoxy groups -OCH3 is 2. The van der Waals surface area contributed by atoms with E-state index >= 15 is 0 Å². The predicted octanol–water partition coefficient (Wildman–Crippen LogP) is 3.79. The van der Waals surface area contributed by atoms with E-state index in [1.165, 1.54) is 32.4 Å². The van der Waals surface area contributed by atoms with Gasteiger partial charge in [-0.3, -0.25) is 25.2 Å². The first-order valence-electron chi connectivity index (χ1n) is 9.42. The summed E-state index contributed by atoms with van der Waals surface area (Å²) in [5.74, 6) is -0.669. The monoisotopic (exact) mass is 497 g/mol. The van der Waals surface area contributed by atoms with Crippen LogP contribution in [0.3, 0.4) is 0 Å². The SMILES string of the molecule is COc1ccc(C(=O)NNC(=O)c2ccccc2NC(=O)c2ccccc2Br)cc1OC. The molecule has 0 radical (unpaired) electrons. The van der Waals surface area contributed by atoms with Crippen molar-refractivity contribution >= 4 is 39.3 Å². The van der Waals surface area contributed by atoms with Crippen molar-refractivity contribution in [2.45, 2.75) is 0 Å². The quantitative estimate of drug-likeness (QED) is 0.449. The second-order valence-corrected chi connectivity index (χ2v) is 7.31. The fraction of sp³-hybridized carbons (Fsp3) is 0.0870. The normalized spacial score (nSPS) is 10.1. The van der Waals surface area contributed by atoms with Crippen molar-refractivity contribution in [2.24, 2.45) is 0 Å². The van der Waals surface area contributed by atoms with Gasteiger partial charge in [-0.1, -0.05) is 24.3 Å². The van der Waals surface area contributed by atoms with Crippen molar-refractivity contribution in [1.82, 2.24) is 10.9 Å². The van der Waals surface area contributed by atoms with Crippen molar-refractivity contribution in [1.29, 1.82) is 0 Å². The molecule has 0 aliphatic heterocycles. The molecule has 9 heteroatoms. The molecular weight excluding hydrogens is 478 g/mol. The van der Waals surface area contributed by atoms with Crippen LogP contribution in [0.15, 0.2) is 71.2 Å². The molecule has 0 spiro atoms. The van der Waals surface area contributed by atoms with Gasteiger partial charge in [-0.2, -0.15) is 0 Å². The lowest BCUT2D eigenvalue weighted by molar-refractivity contribution is 0.0846. The van der Waals surface area contributed by atoms with Crippen molar-refractivity contribution < 1.29 is 23.9 Å². The molecule has 3 N–H and O–H groups in total. The van der Waals surface area contributed by atoms with E-state index in [0.29, 0.717) is 27.2 Å². The van der Waals surface area contributed by atoms with Gasteiger partial charge in [0.05, 0.1) is 31.0 Å². The van der Waals surface area contributed by atoms with Crippen LogP contribution in [0.5, 0.6) is 11.5 Å². The van der Waals surface area contributed by atoms with Gasteiger partial charge in [-0.25, -0.2) is 0 Å². The second kappa shape index (κ2) is 10.5. The number of para-hydroxylation sites is 1. The minimum absolute atomic E-state index is 0.181. The first-order chi connectivity index (χ1) is 15.4. The number of hydrazine groups is 1. The Morgan fingerprint density at radius 3 is 2.03 bits per heavy atom. The van der Waals surface area contributed by atoms with Crippen LogP contribution in [0.25, 0.3) is 0 Å². The number of anilines is 1. The third-order valence-electron chi connectivity index (χ3n) is 4.47. The summed E-state index contributed by atoms with van der Waals surface area (Å²) < 4.78 is 11.0. The molecule has 3 aromatic carbocycles. The van der Waals surface area contributed by atoms with E-state index in [0.717, 1.165) is 0 Å². The van der Waals surface area contributed by atoms with E-state index in [9.17, 15) is 14.4 Å². The Morgan fingerprint density at radius 1 is 0.719 bits per heavy atom. The summed E-state index contributed by atoms with van der Waals surface area (Å²) in [7, 11) is 2.95. The minimum atomic E-state index is -0.596. The fourth-order valence-corrected chi connectivity index (χ4v) is 3.32. The molecule has 164 valence electrons. The lowest BCUT2D eigenvalue weighted by Gasteiger charge is -2.13. The largest absolute Gasteiger partial charge is 0.493 e. The maximum absolute atomic E-state index is 12.7. The minimum Gasteiger partial charge on any atom is -0.493 e. The molecule has 0 unspecified atom stereocenters. The van der Waals surface area contributed by atoms with Crippen LogP contribution >= 0.6 is 15.9 Å². The number of hydrogen-bond donors (Lipinski definition) is 3. The predicted molar refractivity (Wildman–Crippen MR) is 123 cm³/mol. The van der Waals surface area contributed by atoms with E-state index in [2.05, 4.69) is 32.1 Å². The highest BCUT2D eigenvalue weighted by Gasteiger charge is 2.17. The van der Waals surface area contributed by atoms with E-state index < -0.39 is 11.8 Å². The fourth-order valence-electron chi connectivity index (χ4n) is 2.86. The average Bonchev–Trinajstić information content (AvgIpc) is 2.82. The van der Waals surface area contributed by atoms with Crippen molar-refractivity contribution in [2.75, 3.05) is 19.5 Å². The molecule has 0 aromatic heterocycles. The summed E-state index contributed by atoms with van der Waals surface area (Å²) in [6, 6.07) is 18.0. The number of carbonyl (C=O) groups excluding carboxylic acids is 3. The Morgan fingerprint density at radius 2 is 1.34 bits per heavy atom. The number of benzene rings is 3. The summed E-state index contributed by atoms with van der Waals surface area (Å²) >= 11 is 3.34. The molecule has 3 rings (SSSR count). The summed E-state index contributed by atoms with van der Waals surface area (Å²) in [4.78, 5) is 37.7. The first-order valence-corrected chi connectivity index (χ1v) is 10.2. The van der Waals surface area contributed by atoms with Crippen molar-refractivity contribution in [3.05, 3.63) is 87.9 Å². The maximum Gasteiger partial charge on any atom is 0.271 e. The highest BCUT2D eigenvalue weighted by molar-refractivity contribution is 9.10. The van der Waals surface area contributed by atoms with E-state index in [-0.39, 0.29) is 17.0 Å². The van der Waals surface area contributed by atoms with Gasteiger partial charge in [0.15, 0.2) is 11.5 Å². The molecule has 0 heterocycles. The van der Waals surface area contributed by atoms with Gasteiger partial charge in [-0.15, -0.1) is 0 Å². The third-order valence-corrected chi connectivity index (χ3v) is 5.17. The van der Waals surface area contributed by atoms with Crippen molar-refractivity contribution in [3.8, 4) is 11.5 Å². The van der Waals surface area contributed by atoms with E-state index in [1.54, 1.807) is 48.5 Å². The zero-order valence-corrected chi connectivity index (χ0v) is 18.9. The average molecular weight is 498 g/mol. The van der Waals surface area contributed by atoms with Gasteiger partial charge in [0.1, 0.15) is 0 Å². The van der Waals surface area contributed by atoms with Crippen LogP contribution in [0, 0.1) is 0 Å². The molecular formula is C23H20BrN3O5. The molecule has 0 bridgehead atoms. The van der Waals surface area contributed by atoms with Crippen LogP contribution in [0.2, 0.25) is 0 Å². The van der Waals surface area contributed by atoms with E-state index in [1.807, 2.05) is 0 Å². The molecule has 0 atom stereocenters. The highest BCUT2D eigenvalue weighted by Crippen LogP contribution is 2.27. The van der Waals surface area contributed by atoms with Crippen LogP contribution in [0.1, 0.15) is 31.1 Å². The Hall–Kier alpha value is -3.85. The summed E-state index contributed by atoms with van der Waals surface area (Å²) in [6.45, 7) is 0. The molecule has 8 nitrogen and oxygen atoms in total. The van der Waals surface area contributed by atoms with E-state index in [4.69, 9.17) is 9.47 Å². The van der Waals surface area contributed by atoms with Gasteiger partial charge < -0.3 is 14.8 Å². The Bertz CT molecular complexity index is 1170. The molecule has 0 aliphatic carbocycles. The lowest BCUT2D eigenvalue weighted by Crippen LogP contribution is -2.41. The van der Waals surface area contributed by atoms with Crippen LogP contribution in [-0.2, 0) is 0 Å². The molecule has 0 saturated heterocycles. The molecule has 32 heavy (non-hydrogen) atoms. The topological polar surface area (TPSA) is 106 Å². The molecule has 0 fully saturated rings.